The predicted octanol–water partition coefficient (Wildman–Crippen LogP) is 4.93. The Hall–Kier alpha value is -1.69. The first-order valence-electron chi connectivity index (χ1n) is 9.32. The van der Waals surface area contributed by atoms with Gasteiger partial charge in [-0.1, -0.05) is 35.4 Å². The lowest BCUT2D eigenvalue weighted by atomic mass is 10.0. The van der Waals surface area contributed by atoms with Crippen LogP contribution in [0.15, 0.2) is 35.9 Å². The zero-order chi connectivity index (χ0) is 19.4. The van der Waals surface area contributed by atoms with Gasteiger partial charge in [-0.05, 0) is 45.7 Å². The standard InChI is InChI=1S/C21H26ClN3OS/c1-14(2)8-11-25-12-9-18(10-13-25)24-20(26)19-15(3)23-21(27-19)16-4-6-17(22)7-5-16/h4-8,18H,9-13H2,1-3H3,(H,24,26). The molecule has 144 valence electrons. The van der Waals surface area contributed by atoms with Gasteiger partial charge in [0, 0.05) is 36.3 Å². The van der Waals surface area contributed by atoms with E-state index in [9.17, 15) is 4.79 Å². The Labute approximate surface area is 170 Å². The molecule has 0 spiro atoms. The molecule has 2 aromatic rings. The van der Waals surface area contributed by atoms with E-state index >= 15 is 0 Å². The molecule has 1 amide bonds. The summed E-state index contributed by atoms with van der Waals surface area (Å²) in [5.41, 5.74) is 3.12. The Balaban J connectivity index is 1.59. The zero-order valence-electron chi connectivity index (χ0n) is 16.1. The van der Waals surface area contributed by atoms with Crippen LogP contribution < -0.4 is 5.32 Å². The van der Waals surface area contributed by atoms with Gasteiger partial charge in [0.25, 0.3) is 5.91 Å². The number of benzene rings is 1. The van der Waals surface area contributed by atoms with E-state index in [0.717, 1.165) is 48.7 Å². The van der Waals surface area contributed by atoms with E-state index in [1.807, 2.05) is 31.2 Å². The Morgan fingerprint density at radius 2 is 1.96 bits per heavy atom. The van der Waals surface area contributed by atoms with Gasteiger partial charge in [-0.2, -0.15) is 0 Å². The van der Waals surface area contributed by atoms with Crippen molar-refractivity contribution in [3.8, 4) is 10.6 Å². The molecule has 1 N–H and O–H groups in total. The Morgan fingerprint density at radius 1 is 1.30 bits per heavy atom. The summed E-state index contributed by atoms with van der Waals surface area (Å²) in [6.45, 7) is 9.19. The van der Waals surface area contributed by atoms with Gasteiger partial charge in [0.2, 0.25) is 0 Å². The summed E-state index contributed by atoms with van der Waals surface area (Å²) in [7, 11) is 0. The van der Waals surface area contributed by atoms with Crippen molar-refractivity contribution in [1.82, 2.24) is 15.2 Å². The maximum atomic E-state index is 12.7. The van der Waals surface area contributed by atoms with Gasteiger partial charge in [0.05, 0.1) is 5.69 Å². The van der Waals surface area contributed by atoms with Gasteiger partial charge < -0.3 is 5.32 Å². The van der Waals surface area contributed by atoms with Gasteiger partial charge in [-0.3, -0.25) is 9.69 Å². The highest BCUT2D eigenvalue weighted by Crippen LogP contribution is 2.29. The number of aryl methyl sites for hydroxylation is 1. The first-order chi connectivity index (χ1) is 12.9. The highest BCUT2D eigenvalue weighted by atomic mass is 35.5. The monoisotopic (exact) mass is 403 g/mol. The predicted molar refractivity (Wildman–Crippen MR) is 114 cm³/mol. The molecule has 6 heteroatoms. The molecule has 1 aliphatic rings. The number of likely N-dealkylation sites (tertiary alicyclic amines) is 1. The van der Waals surface area contributed by atoms with Crippen molar-refractivity contribution in [1.29, 1.82) is 0 Å². The summed E-state index contributed by atoms with van der Waals surface area (Å²) in [5, 5.41) is 4.75. The van der Waals surface area contributed by atoms with Crippen LogP contribution in [-0.2, 0) is 0 Å². The number of carbonyl (C=O) groups excluding carboxylic acids is 1. The average molecular weight is 404 g/mol. The van der Waals surface area contributed by atoms with Crippen molar-refractivity contribution in [2.45, 2.75) is 39.7 Å². The van der Waals surface area contributed by atoms with E-state index in [-0.39, 0.29) is 11.9 Å². The lowest BCUT2D eigenvalue weighted by molar-refractivity contribution is 0.0917. The number of nitrogens with zero attached hydrogens (tertiary/aromatic N) is 2. The summed E-state index contributed by atoms with van der Waals surface area (Å²) >= 11 is 7.39. The van der Waals surface area contributed by atoms with E-state index in [1.165, 1.54) is 16.9 Å². The van der Waals surface area contributed by atoms with Crippen molar-refractivity contribution >= 4 is 28.8 Å². The van der Waals surface area contributed by atoms with Crippen molar-refractivity contribution in [3.63, 3.8) is 0 Å². The molecule has 0 unspecified atom stereocenters. The molecule has 0 radical (unpaired) electrons. The maximum absolute atomic E-state index is 12.7. The molecule has 4 nitrogen and oxygen atoms in total. The summed E-state index contributed by atoms with van der Waals surface area (Å²) < 4.78 is 0. The topological polar surface area (TPSA) is 45.2 Å². The quantitative estimate of drug-likeness (QED) is 0.719. The third kappa shape index (κ3) is 5.41. The molecule has 0 aliphatic carbocycles. The highest BCUT2D eigenvalue weighted by molar-refractivity contribution is 7.17. The summed E-state index contributed by atoms with van der Waals surface area (Å²) in [5.74, 6) is -0.00652. The van der Waals surface area contributed by atoms with E-state index in [1.54, 1.807) is 0 Å². The third-order valence-electron chi connectivity index (χ3n) is 4.77. The van der Waals surface area contributed by atoms with Gasteiger partial charge in [0.1, 0.15) is 9.88 Å². The van der Waals surface area contributed by atoms with Crippen LogP contribution in [0, 0.1) is 6.92 Å². The molecule has 1 aromatic heterocycles. The molecule has 2 heterocycles. The number of carbonyl (C=O) groups is 1. The molecule has 1 aromatic carbocycles. The van der Waals surface area contributed by atoms with Crippen LogP contribution in [0.1, 0.15) is 42.1 Å². The maximum Gasteiger partial charge on any atom is 0.263 e. The molecule has 1 saturated heterocycles. The Morgan fingerprint density at radius 3 is 2.59 bits per heavy atom. The lowest BCUT2D eigenvalue weighted by Crippen LogP contribution is -2.44. The molecule has 0 bridgehead atoms. The fourth-order valence-corrected chi connectivity index (χ4v) is 4.25. The van der Waals surface area contributed by atoms with Crippen LogP contribution in [0.4, 0.5) is 0 Å². The third-order valence-corrected chi connectivity index (χ3v) is 6.23. The molecule has 27 heavy (non-hydrogen) atoms. The normalized spacial score (nSPS) is 15.6. The number of halogens is 1. The van der Waals surface area contributed by atoms with Crippen LogP contribution in [0.2, 0.25) is 5.02 Å². The smallest absolute Gasteiger partial charge is 0.263 e. The summed E-state index contributed by atoms with van der Waals surface area (Å²) in [6.07, 6.45) is 4.24. The van der Waals surface area contributed by atoms with Crippen LogP contribution in [0.5, 0.6) is 0 Å². The first-order valence-corrected chi connectivity index (χ1v) is 10.5. The number of aromatic nitrogens is 1. The molecule has 3 rings (SSSR count). The second-order valence-corrected chi connectivity index (χ2v) is 8.71. The van der Waals surface area contributed by atoms with Crippen LogP contribution in [0.25, 0.3) is 10.6 Å². The number of hydrogen-bond acceptors (Lipinski definition) is 4. The van der Waals surface area contributed by atoms with Gasteiger partial charge >= 0.3 is 0 Å². The van der Waals surface area contributed by atoms with Gasteiger partial charge in [0.15, 0.2) is 0 Å². The molecular formula is C21H26ClN3OS. The number of rotatable bonds is 5. The molecular weight excluding hydrogens is 378 g/mol. The van der Waals surface area contributed by atoms with Crippen molar-refractivity contribution in [3.05, 3.63) is 51.5 Å². The minimum Gasteiger partial charge on any atom is -0.348 e. The highest BCUT2D eigenvalue weighted by Gasteiger charge is 2.23. The molecule has 0 atom stereocenters. The van der Waals surface area contributed by atoms with Crippen molar-refractivity contribution in [2.75, 3.05) is 19.6 Å². The summed E-state index contributed by atoms with van der Waals surface area (Å²) in [4.78, 5) is 20.5. The number of hydrogen-bond donors (Lipinski definition) is 1. The molecule has 0 saturated carbocycles. The van der Waals surface area contributed by atoms with Crippen LogP contribution in [0.3, 0.4) is 0 Å². The lowest BCUT2D eigenvalue weighted by Gasteiger charge is -2.31. The number of amides is 1. The average Bonchev–Trinajstić information content (AvgIpc) is 3.03. The summed E-state index contributed by atoms with van der Waals surface area (Å²) in [6, 6.07) is 7.79. The SMILES string of the molecule is CC(C)=CCN1CCC(NC(=O)c2sc(-c3ccc(Cl)cc3)nc2C)CC1. The number of nitrogens with one attached hydrogen (secondary N) is 1. The largest absolute Gasteiger partial charge is 0.348 e. The zero-order valence-corrected chi connectivity index (χ0v) is 17.7. The van der Waals surface area contributed by atoms with Crippen molar-refractivity contribution in [2.24, 2.45) is 0 Å². The van der Waals surface area contributed by atoms with E-state index in [4.69, 9.17) is 11.6 Å². The van der Waals surface area contributed by atoms with E-state index in [2.05, 4.69) is 35.1 Å². The minimum absolute atomic E-state index is 0.00652. The Kier molecular flexibility index (Phi) is 6.68. The fraction of sp³-hybridized carbons (Fsp3) is 0.429. The molecule has 1 fully saturated rings. The number of thiazole rings is 1. The van der Waals surface area contributed by atoms with E-state index < -0.39 is 0 Å². The fourth-order valence-electron chi connectivity index (χ4n) is 3.15. The van der Waals surface area contributed by atoms with E-state index in [0.29, 0.717) is 9.90 Å². The van der Waals surface area contributed by atoms with Gasteiger partial charge in [-0.25, -0.2) is 4.98 Å². The van der Waals surface area contributed by atoms with Crippen molar-refractivity contribution < 1.29 is 4.79 Å². The van der Waals surface area contributed by atoms with Crippen LogP contribution >= 0.6 is 22.9 Å². The van der Waals surface area contributed by atoms with Crippen LogP contribution in [-0.4, -0.2) is 41.5 Å². The minimum atomic E-state index is -0.00652. The van der Waals surface area contributed by atoms with Gasteiger partial charge in [-0.15, -0.1) is 11.3 Å². The number of allylic oxidation sites excluding steroid dienone is 1. The first kappa shape index (κ1) is 20.1. The Bertz CT molecular complexity index is 816. The second-order valence-electron chi connectivity index (χ2n) is 7.27. The second kappa shape index (κ2) is 9.00. The molecule has 1 aliphatic heterocycles. The number of piperidine rings is 1.